The van der Waals surface area contributed by atoms with Gasteiger partial charge in [-0.15, -0.1) is 0 Å². The molecule has 0 bridgehead atoms. The lowest BCUT2D eigenvalue weighted by Gasteiger charge is -2.45. The van der Waals surface area contributed by atoms with Crippen LogP contribution in [0.25, 0.3) is 0 Å². The fraction of sp³-hybridized carbons (Fsp3) is 1.00. The molecule has 2 rings (SSSR count). The van der Waals surface area contributed by atoms with E-state index in [1.807, 2.05) is 0 Å². The smallest absolute Gasteiger partial charge is 0.0122 e. The molecule has 0 aromatic carbocycles. The summed E-state index contributed by atoms with van der Waals surface area (Å²) in [6, 6.07) is 2.36. The van der Waals surface area contributed by atoms with Gasteiger partial charge in [-0.05, 0) is 59.8 Å². The van der Waals surface area contributed by atoms with Crippen LogP contribution in [0, 0.1) is 0 Å². The number of rotatable bonds is 2. The lowest BCUT2D eigenvalue weighted by atomic mass is 9.93. The predicted molar refractivity (Wildman–Crippen MR) is 68.8 cm³/mol. The van der Waals surface area contributed by atoms with Crippen molar-refractivity contribution in [3.8, 4) is 0 Å². The van der Waals surface area contributed by atoms with E-state index in [1.54, 1.807) is 0 Å². The number of hydrogen-bond acceptors (Lipinski definition) is 3. The maximum absolute atomic E-state index is 3.43. The molecular weight excluding hydrogens is 198 g/mol. The third kappa shape index (κ3) is 2.76. The Kier molecular flexibility index (Phi) is 4.22. The van der Waals surface area contributed by atoms with Gasteiger partial charge < -0.3 is 10.2 Å². The molecule has 2 fully saturated rings. The Bertz CT molecular complexity index is 211. The highest BCUT2D eigenvalue weighted by atomic mass is 15.2. The van der Waals surface area contributed by atoms with E-state index in [1.165, 1.54) is 45.3 Å². The standard InChI is InChI=1S/C13H27N3/c1-11-10-12(14-2)4-9-16(11)13-5-7-15(3)8-6-13/h11-14H,4-10H2,1-3H3. The minimum Gasteiger partial charge on any atom is -0.317 e. The lowest BCUT2D eigenvalue weighted by molar-refractivity contribution is 0.0538. The molecule has 2 atom stereocenters. The van der Waals surface area contributed by atoms with Crippen molar-refractivity contribution in [2.24, 2.45) is 0 Å². The minimum atomic E-state index is 0.748. The van der Waals surface area contributed by atoms with E-state index in [0.29, 0.717) is 0 Å². The SMILES string of the molecule is CNC1CCN(C2CCN(C)CC2)C(C)C1. The maximum Gasteiger partial charge on any atom is 0.0122 e. The molecule has 2 unspecified atom stereocenters. The third-order valence-corrected chi connectivity index (χ3v) is 4.49. The van der Waals surface area contributed by atoms with Gasteiger partial charge >= 0.3 is 0 Å². The van der Waals surface area contributed by atoms with E-state index in [9.17, 15) is 0 Å². The lowest BCUT2D eigenvalue weighted by Crippen LogP contribution is -2.53. The fourth-order valence-corrected chi connectivity index (χ4v) is 3.32. The van der Waals surface area contributed by atoms with E-state index in [-0.39, 0.29) is 0 Å². The van der Waals surface area contributed by atoms with Crippen molar-refractivity contribution in [3.63, 3.8) is 0 Å². The Hall–Kier alpha value is -0.120. The first kappa shape index (κ1) is 12.3. The van der Waals surface area contributed by atoms with E-state index in [0.717, 1.165) is 18.1 Å². The Morgan fingerprint density at radius 1 is 1.06 bits per heavy atom. The van der Waals surface area contributed by atoms with Crippen LogP contribution < -0.4 is 5.32 Å². The summed E-state index contributed by atoms with van der Waals surface area (Å²) in [5, 5.41) is 3.43. The molecule has 2 aliphatic heterocycles. The summed E-state index contributed by atoms with van der Waals surface area (Å²) < 4.78 is 0. The number of hydrogen-bond donors (Lipinski definition) is 1. The topological polar surface area (TPSA) is 18.5 Å². The van der Waals surface area contributed by atoms with Gasteiger partial charge in [-0.2, -0.15) is 0 Å². The molecule has 0 amide bonds. The maximum atomic E-state index is 3.43. The largest absolute Gasteiger partial charge is 0.317 e. The van der Waals surface area contributed by atoms with Crippen LogP contribution in [-0.4, -0.2) is 61.7 Å². The molecule has 94 valence electrons. The molecule has 0 spiro atoms. The second-order valence-electron chi connectivity index (χ2n) is 5.63. The summed E-state index contributed by atoms with van der Waals surface area (Å²) in [6.45, 7) is 6.26. The molecule has 2 heterocycles. The highest BCUT2D eigenvalue weighted by molar-refractivity contribution is 4.88. The van der Waals surface area contributed by atoms with Gasteiger partial charge in [0.2, 0.25) is 0 Å². The first-order valence-electron chi connectivity index (χ1n) is 6.82. The second kappa shape index (κ2) is 5.48. The van der Waals surface area contributed by atoms with Gasteiger partial charge in [-0.3, -0.25) is 4.90 Å². The van der Waals surface area contributed by atoms with Gasteiger partial charge in [-0.25, -0.2) is 0 Å². The van der Waals surface area contributed by atoms with E-state index >= 15 is 0 Å². The van der Waals surface area contributed by atoms with Gasteiger partial charge in [0.1, 0.15) is 0 Å². The van der Waals surface area contributed by atoms with Crippen LogP contribution in [0.15, 0.2) is 0 Å². The van der Waals surface area contributed by atoms with Gasteiger partial charge in [0.05, 0.1) is 0 Å². The first-order chi connectivity index (χ1) is 7.70. The first-order valence-corrected chi connectivity index (χ1v) is 6.82. The Morgan fingerprint density at radius 3 is 2.31 bits per heavy atom. The van der Waals surface area contributed by atoms with E-state index in [2.05, 4.69) is 36.1 Å². The Balaban J connectivity index is 1.85. The van der Waals surface area contributed by atoms with Gasteiger partial charge in [-0.1, -0.05) is 0 Å². The van der Waals surface area contributed by atoms with Crippen LogP contribution in [0.2, 0.25) is 0 Å². The van der Waals surface area contributed by atoms with Gasteiger partial charge in [0, 0.05) is 24.7 Å². The number of nitrogens with zero attached hydrogens (tertiary/aromatic N) is 2. The van der Waals surface area contributed by atoms with Crippen LogP contribution in [0.5, 0.6) is 0 Å². The molecule has 1 N–H and O–H groups in total. The Labute approximate surface area is 100 Å². The zero-order chi connectivity index (χ0) is 11.5. The molecule has 16 heavy (non-hydrogen) atoms. The molecule has 0 radical (unpaired) electrons. The highest BCUT2D eigenvalue weighted by Crippen LogP contribution is 2.24. The number of likely N-dealkylation sites (tertiary alicyclic amines) is 2. The van der Waals surface area contributed by atoms with Crippen LogP contribution in [0.1, 0.15) is 32.6 Å². The van der Waals surface area contributed by atoms with Crippen LogP contribution in [0.3, 0.4) is 0 Å². The van der Waals surface area contributed by atoms with E-state index in [4.69, 9.17) is 0 Å². The van der Waals surface area contributed by atoms with Gasteiger partial charge in [0.15, 0.2) is 0 Å². The monoisotopic (exact) mass is 225 g/mol. The average molecular weight is 225 g/mol. The molecule has 0 saturated carbocycles. The van der Waals surface area contributed by atoms with Crippen molar-refractivity contribution >= 4 is 0 Å². The Morgan fingerprint density at radius 2 is 1.75 bits per heavy atom. The summed E-state index contributed by atoms with van der Waals surface area (Å²) >= 11 is 0. The highest BCUT2D eigenvalue weighted by Gasteiger charge is 2.31. The molecule has 2 aliphatic rings. The van der Waals surface area contributed by atoms with E-state index < -0.39 is 0 Å². The van der Waals surface area contributed by atoms with Crippen molar-refractivity contribution in [2.75, 3.05) is 33.7 Å². The molecule has 2 saturated heterocycles. The molecule has 0 aromatic heterocycles. The molecule has 0 aliphatic carbocycles. The van der Waals surface area contributed by atoms with Crippen molar-refractivity contribution in [3.05, 3.63) is 0 Å². The van der Waals surface area contributed by atoms with Crippen molar-refractivity contribution in [2.45, 2.75) is 50.7 Å². The summed E-state index contributed by atoms with van der Waals surface area (Å²) in [4.78, 5) is 5.22. The molecule has 0 aromatic rings. The molecule has 3 heteroatoms. The summed E-state index contributed by atoms with van der Waals surface area (Å²) in [5.74, 6) is 0. The minimum absolute atomic E-state index is 0.748. The van der Waals surface area contributed by atoms with Crippen LogP contribution >= 0.6 is 0 Å². The molecule has 3 nitrogen and oxygen atoms in total. The second-order valence-corrected chi connectivity index (χ2v) is 5.63. The summed E-state index contributed by atoms with van der Waals surface area (Å²) in [5.41, 5.74) is 0. The normalized spacial score (nSPS) is 35.4. The van der Waals surface area contributed by atoms with Crippen LogP contribution in [-0.2, 0) is 0 Å². The number of nitrogens with one attached hydrogen (secondary N) is 1. The predicted octanol–water partition coefficient (Wildman–Crippen LogP) is 1.15. The van der Waals surface area contributed by atoms with Crippen molar-refractivity contribution in [1.29, 1.82) is 0 Å². The zero-order valence-electron chi connectivity index (χ0n) is 11.1. The van der Waals surface area contributed by atoms with Crippen molar-refractivity contribution < 1.29 is 0 Å². The van der Waals surface area contributed by atoms with Gasteiger partial charge in [0.25, 0.3) is 0 Å². The average Bonchev–Trinajstić information content (AvgIpc) is 2.30. The third-order valence-electron chi connectivity index (χ3n) is 4.49. The summed E-state index contributed by atoms with van der Waals surface area (Å²) in [6.07, 6.45) is 5.38. The number of piperidine rings is 2. The summed E-state index contributed by atoms with van der Waals surface area (Å²) in [7, 11) is 4.34. The zero-order valence-corrected chi connectivity index (χ0v) is 11.1. The molecular formula is C13H27N3. The van der Waals surface area contributed by atoms with Crippen LogP contribution in [0.4, 0.5) is 0 Å². The quantitative estimate of drug-likeness (QED) is 0.760. The van der Waals surface area contributed by atoms with Crippen molar-refractivity contribution in [1.82, 2.24) is 15.1 Å². The fourth-order valence-electron chi connectivity index (χ4n) is 3.32.